The molecule has 17 heavy (non-hydrogen) atoms. The molecule has 1 fully saturated rings. The molecule has 0 N–H and O–H groups in total. The quantitative estimate of drug-likeness (QED) is 0.738. The van der Waals surface area contributed by atoms with Gasteiger partial charge in [0.25, 0.3) is 0 Å². The summed E-state index contributed by atoms with van der Waals surface area (Å²) in [5, 5.41) is 0. The molecule has 0 aromatic heterocycles. The van der Waals surface area contributed by atoms with Crippen molar-refractivity contribution in [3.63, 3.8) is 0 Å². The molecule has 92 valence electrons. The molecule has 0 amide bonds. The van der Waals surface area contributed by atoms with Gasteiger partial charge in [0.1, 0.15) is 0 Å². The van der Waals surface area contributed by atoms with Crippen molar-refractivity contribution in [2.75, 3.05) is 30.8 Å². The molecule has 0 spiro atoms. The lowest BCUT2D eigenvalue weighted by molar-refractivity contribution is 0.342. The van der Waals surface area contributed by atoms with Gasteiger partial charge >= 0.3 is 0 Å². The molecule has 3 rings (SSSR count). The molecule has 2 aliphatic heterocycles. The summed E-state index contributed by atoms with van der Waals surface area (Å²) < 4.78 is 24.7. The van der Waals surface area contributed by atoms with E-state index in [9.17, 15) is 8.42 Å². The van der Waals surface area contributed by atoms with Crippen molar-refractivity contribution >= 4 is 15.7 Å². The maximum absolute atomic E-state index is 11.6. The first kappa shape index (κ1) is 11.0. The van der Waals surface area contributed by atoms with Crippen molar-refractivity contribution in [1.82, 2.24) is 4.31 Å². The van der Waals surface area contributed by atoms with Crippen molar-refractivity contribution in [3.05, 3.63) is 29.8 Å². The molecule has 2 aliphatic rings. The van der Waals surface area contributed by atoms with E-state index < -0.39 is 10.0 Å². The van der Waals surface area contributed by atoms with Crippen LogP contribution in [0.5, 0.6) is 0 Å². The van der Waals surface area contributed by atoms with E-state index >= 15 is 0 Å². The number of para-hydroxylation sites is 1. The summed E-state index contributed by atoms with van der Waals surface area (Å²) in [6.45, 7) is 2.02. The van der Waals surface area contributed by atoms with Gasteiger partial charge in [0.2, 0.25) is 10.0 Å². The SMILES string of the molecule is CS(=O)(=O)N1CCN2c3ccccc3CC2C1. The minimum Gasteiger partial charge on any atom is -0.365 e. The first-order valence-corrected chi connectivity index (χ1v) is 7.70. The Morgan fingerprint density at radius 3 is 2.76 bits per heavy atom. The summed E-state index contributed by atoms with van der Waals surface area (Å²) in [4.78, 5) is 2.34. The van der Waals surface area contributed by atoms with Crippen LogP contribution in [0.4, 0.5) is 5.69 Å². The predicted molar refractivity (Wildman–Crippen MR) is 67.7 cm³/mol. The largest absolute Gasteiger partial charge is 0.365 e. The van der Waals surface area contributed by atoms with E-state index in [-0.39, 0.29) is 0 Å². The van der Waals surface area contributed by atoms with Crippen LogP contribution in [0.3, 0.4) is 0 Å². The van der Waals surface area contributed by atoms with Crippen LogP contribution in [0.1, 0.15) is 5.56 Å². The fraction of sp³-hybridized carbons (Fsp3) is 0.500. The highest BCUT2D eigenvalue weighted by Gasteiger charge is 2.36. The number of benzene rings is 1. The second-order valence-corrected chi connectivity index (χ2v) is 6.78. The van der Waals surface area contributed by atoms with Gasteiger partial charge < -0.3 is 4.90 Å². The molecule has 0 radical (unpaired) electrons. The fourth-order valence-corrected chi connectivity index (χ4v) is 3.69. The van der Waals surface area contributed by atoms with Gasteiger partial charge in [-0.3, -0.25) is 0 Å². The normalized spacial score (nSPS) is 24.5. The summed E-state index contributed by atoms with van der Waals surface area (Å²) in [5.41, 5.74) is 2.62. The minimum absolute atomic E-state index is 0.316. The van der Waals surface area contributed by atoms with Gasteiger partial charge in [0.05, 0.1) is 6.26 Å². The van der Waals surface area contributed by atoms with Crippen LogP contribution in [0.15, 0.2) is 24.3 Å². The molecule has 0 saturated carbocycles. The van der Waals surface area contributed by atoms with Crippen LogP contribution in [-0.2, 0) is 16.4 Å². The number of nitrogens with zero attached hydrogens (tertiary/aromatic N) is 2. The van der Waals surface area contributed by atoms with Gasteiger partial charge in [0, 0.05) is 31.4 Å². The average molecular weight is 252 g/mol. The Morgan fingerprint density at radius 1 is 1.24 bits per heavy atom. The van der Waals surface area contributed by atoms with Gasteiger partial charge in [0.15, 0.2) is 0 Å². The number of rotatable bonds is 1. The van der Waals surface area contributed by atoms with Crippen LogP contribution in [0.25, 0.3) is 0 Å². The monoisotopic (exact) mass is 252 g/mol. The Balaban J connectivity index is 1.86. The molecule has 1 aromatic rings. The number of anilines is 1. The highest BCUT2D eigenvalue weighted by Crippen LogP contribution is 2.34. The van der Waals surface area contributed by atoms with Crippen LogP contribution in [0, 0.1) is 0 Å². The number of fused-ring (bicyclic) bond motifs is 3. The Hall–Kier alpha value is -1.07. The topological polar surface area (TPSA) is 40.6 Å². The van der Waals surface area contributed by atoms with Crippen molar-refractivity contribution < 1.29 is 8.42 Å². The standard InChI is InChI=1S/C12H16N2O2S/c1-17(15,16)13-6-7-14-11(9-13)8-10-4-2-3-5-12(10)14/h2-5,11H,6-9H2,1H3. The molecule has 1 atom stereocenters. The van der Waals surface area contributed by atoms with E-state index in [4.69, 9.17) is 0 Å². The summed E-state index contributed by atoms with van der Waals surface area (Å²) in [7, 11) is -3.05. The number of piperazine rings is 1. The lowest BCUT2D eigenvalue weighted by Crippen LogP contribution is -2.53. The molecule has 1 saturated heterocycles. The Kier molecular flexibility index (Phi) is 2.41. The number of hydrogen-bond acceptors (Lipinski definition) is 3. The summed E-state index contributed by atoms with van der Waals surface area (Å²) in [6.07, 6.45) is 2.26. The third-order valence-electron chi connectivity index (χ3n) is 3.67. The highest BCUT2D eigenvalue weighted by molar-refractivity contribution is 7.88. The minimum atomic E-state index is -3.05. The van der Waals surface area contributed by atoms with Gasteiger partial charge in [-0.2, -0.15) is 4.31 Å². The van der Waals surface area contributed by atoms with Crippen LogP contribution in [-0.4, -0.2) is 44.7 Å². The lowest BCUT2D eigenvalue weighted by atomic mass is 10.1. The molecule has 1 aromatic carbocycles. The first-order chi connectivity index (χ1) is 8.05. The molecule has 1 unspecified atom stereocenters. The van der Waals surface area contributed by atoms with E-state index in [1.807, 2.05) is 12.1 Å². The van der Waals surface area contributed by atoms with E-state index in [0.717, 1.165) is 13.0 Å². The van der Waals surface area contributed by atoms with E-state index in [1.54, 1.807) is 4.31 Å². The van der Waals surface area contributed by atoms with Crippen LogP contribution in [0.2, 0.25) is 0 Å². The van der Waals surface area contributed by atoms with Crippen molar-refractivity contribution in [2.45, 2.75) is 12.5 Å². The third-order valence-corrected chi connectivity index (χ3v) is 4.94. The second kappa shape index (κ2) is 3.71. The van der Waals surface area contributed by atoms with Crippen molar-refractivity contribution in [3.8, 4) is 0 Å². The zero-order valence-corrected chi connectivity index (χ0v) is 10.7. The number of hydrogen-bond donors (Lipinski definition) is 0. The highest BCUT2D eigenvalue weighted by atomic mass is 32.2. The summed E-state index contributed by atoms with van der Waals surface area (Å²) in [5.74, 6) is 0. The smallest absolute Gasteiger partial charge is 0.211 e. The molecular weight excluding hydrogens is 236 g/mol. The first-order valence-electron chi connectivity index (χ1n) is 5.85. The van der Waals surface area contributed by atoms with Crippen LogP contribution >= 0.6 is 0 Å². The Morgan fingerprint density at radius 2 is 2.00 bits per heavy atom. The molecular formula is C12H16N2O2S. The zero-order valence-electron chi connectivity index (χ0n) is 9.83. The van der Waals surface area contributed by atoms with Crippen LogP contribution < -0.4 is 4.90 Å². The van der Waals surface area contributed by atoms with Crippen molar-refractivity contribution in [1.29, 1.82) is 0 Å². The molecule has 2 heterocycles. The van der Waals surface area contributed by atoms with Crippen molar-refractivity contribution in [2.24, 2.45) is 0 Å². The molecule has 5 heteroatoms. The maximum atomic E-state index is 11.6. The van der Waals surface area contributed by atoms with Gasteiger partial charge in [-0.25, -0.2) is 8.42 Å². The predicted octanol–water partition coefficient (Wildman–Crippen LogP) is 0.693. The Labute approximate surface area is 102 Å². The fourth-order valence-electron chi connectivity index (χ4n) is 2.84. The van der Waals surface area contributed by atoms with Gasteiger partial charge in [-0.05, 0) is 18.1 Å². The average Bonchev–Trinajstić information content (AvgIpc) is 2.65. The van der Waals surface area contributed by atoms with E-state index in [2.05, 4.69) is 17.0 Å². The zero-order chi connectivity index (χ0) is 12.0. The van der Waals surface area contributed by atoms with E-state index in [1.165, 1.54) is 17.5 Å². The number of sulfonamides is 1. The summed E-state index contributed by atoms with van der Waals surface area (Å²) in [6, 6.07) is 8.68. The molecule has 0 aliphatic carbocycles. The Bertz CT molecular complexity index is 541. The maximum Gasteiger partial charge on any atom is 0.211 e. The van der Waals surface area contributed by atoms with Gasteiger partial charge in [-0.1, -0.05) is 18.2 Å². The third kappa shape index (κ3) is 1.83. The molecule has 0 bridgehead atoms. The van der Waals surface area contributed by atoms with Gasteiger partial charge in [-0.15, -0.1) is 0 Å². The second-order valence-electron chi connectivity index (χ2n) is 4.80. The lowest BCUT2D eigenvalue weighted by Gasteiger charge is -2.37. The molecule has 4 nitrogen and oxygen atoms in total. The van der Waals surface area contributed by atoms with E-state index in [0.29, 0.717) is 19.1 Å². The summed E-state index contributed by atoms with van der Waals surface area (Å²) >= 11 is 0.